The van der Waals surface area contributed by atoms with E-state index in [0.717, 1.165) is 0 Å². The number of ether oxygens (including phenoxy) is 2. The Morgan fingerprint density at radius 1 is 1.36 bits per heavy atom. The Hall–Kier alpha value is -1.79. The van der Waals surface area contributed by atoms with E-state index in [4.69, 9.17) is 21.1 Å². The second-order valence-corrected chi connectivity index (χ2v) is 5.73. The Labute approximate surface area is 133 Å². The lowest BCUT2D eigenvalue weighted by Crippen LogP contribution is -2.49. The third-order valence-electron chi connectivity index (χ3n) is 3.28. The summed E-state index contributed by atoms with van der Waals surface area (Å²) in [4.78, 5) is 25.6. The predicted molar refractivity (Wildman–Crippen MR) is 80.0 cm³/mol. The number of morpholine rings is 1. The molecule has 0 saturated carbocycles. The van der Waals surface area contributed by atoms with Gasteiger partial charge in [-0.2, -0.15) is 0 Å². The van der Waals surface area contributed by atoms with Crippen LogP contribution in [0.3, 0.4) is 0 Å². The minimum atomic E-state index is -0.767. The Balaban J connectivity index is 1.91. The van der Waals surface area contributed by atoms with Crippen LogP contribution in [0.25, 0.3) is 0 Å². The van der Waals surface area contributed by atoms with E-state index in [1.54, 1.807) is 4.90 Å². The van der Waals surface area contributed by atoms with Crippen LogP contribution in [0.2, 0.25) is 5.02 Å². The molecule has 0 aliphatic carbocycles. The quantitative estimate of drug-likeness (QED) is 0.857. The van der Waals surface area contributed by atoms with Gasteiger partial charge in [-0.25, -0.2) is 4.79 Å². The molecule has 22 heavy (non-hydrogen) atoms. The van der Waals surface area contributed by atoms with Crippen molar-refractivity contribution in [1.82, 2.24) is 4.90 Å². The highest BCUT2D eigenvalue weighted by Crippen LogP contribution is 2.22. The Morgan fingerprint density at radius 2 is 2.00 bits per heavy atom. The lowest BCUT2D eigenvalue weighted by molar-refractivity contribution is -0.146. The Bertz CT molecular complexity index is 567. The first-order chi connectivity index (χ1) is 10.4. The smallest absolute Gasteiger partial charge is 0.342 e. The van der Waals surface area contributed by atoms with Gasteiger partial charge in [0.25, 0.3) is 5.91 Å². The first-order valence-electron chi connectivity index (χ1n) is 6.95. The monoisotopic (exact) mass is 327 g/mol. The highest BCUT2D eigenvalue weighted by molar-refractivity contribution is 6.30. The number of amides is 1. The predicted octanol–water partition coefficient (Wildman–Crippen LogP) is 1.84. The van der Waals surface area contributed by atoms with Gasteiger partial charge in [0.1, 0.15) is 11.3 Å². The van der Waals surface area contributed by atoms with Crippen molar-refractivity contribution in [2.75, 3.05) is 19.7 Å². The fourth-order valence-corrected chi connectivity index (χ4v) is 2.52. The molecule has 1 saturated heterocycles. The van der Waals surface area contributed by atoms with Crippen molar-refractivity contribution in [3.63, 3.8) is 0 Å². The van der Waals surface area contributed by atoms with Gasteiger partial charge >= 0.3 is 5.97 Å². The summed E-state index contributed by atoms with van der Waals surface area (Å²) >= 11 is 5.69. The van der Waals surface area contributed by atoms with Crippen LogP contribution in [-0.2, 0) is 14.3 Å². The first kappa shape index (κ1) is 16.6. The zero-order chi connectivity index (χ0) is 16.3. The van der Waals surface area contributed by atoms with Gasteiger partial charge < -0.3 is 19.5 Å². The number of hydrogen-bond donors (Lipinski definition) is 1. The van der Waals surface area contributed by atoms with Crippen LogP contribution in [-0.4, -0.2) is 53.8 Å². The molecule has 0 aromatic heterocycles. The summed E-state index contributed by atoms with van der Waals surface area (Å²) in [5.41, 5.74) is -0.0269. The Morgan fingerprint density at radius 3 is 2.59 bits per heavy atom. The number of phenols is 1. The fraction of sp³-hybridized carbons (Fsp3) is 0.467. The number of aromatic hydroxyl groups is 1. The third kappa shape index (κ3) is 4.11. The molecule has 1 aromatic rings. The van der Waals surface area contributed by atoms with E-state index in [1.165, 1.54) is 18.2 Å². The van der Waals surface area contributed by atoms with E-state index in [9.17, 15) is 14.7 Å². The van der Waals surface area contributed by atoms with Gasteiger partial charge in [0, 0.05) is 18.1 Å². The van der Waals surface area contributed by atoms with Crippen molar-refractivity contribution < 1.29 is 24.2 Å². The minimum Gasteiger partial charge on any atom is -0.507 e. The highest BCUT2D eigenvalue weighted by Gasteiger charge is 2.26. The molecular formula is C15H18ClNO5. The van der Waals surface area contributed by atoms with Crippen molar-refractivity contribution >= 4 is 23.5 Å². The summed E-state index contributed by atoms with van der Waals surface area (Å²) in [5, 5.41) is 9.95. The molecule has 7 heteroatoms. The summed E-state index contributed by atoms with van der Waals surface area (Å²) in [6.45, 7) is 4.32. The molecule has 1 amide bonds. The van der Waals surface area contributed by atoms with Gasteiger partial charge in [0.05, 0.1) is 12.2 Å². The van der Waals surface area contributed by atoms with Crippen LogP contribution in [0, 0.1) is 0 Å². The number of carbonyl (C=O) groups excluding carboxylic acids is 2. The molecule has 1 aromatic carbocycles. The van der Waals surface area contributed by atoms with Crippen molar-refractivity contribution in [1.29, 1.82) is 0 Å². The summed E-state index contributed by atoms with van der Waals surface area (Å²) < 4.78 is 10.5. The van der Waals surface area contributed by atoms with Crippen LogP contribution in [0.1, 0.15) is 24.2 Å². The second kappa shape index (κ2) is 6.98. The normalized spacial score (nSPS) is 21.5. The van der Waals surface area contributed by atoms with Gasteiger partial charge in [0.15, 0.2) is 6.61 Å². The standard InChI is InChI=1S/C15H18ClNO5/c1-9-6-17(7-10(2)22-9)14(19)8-21-15(20)12-4-3-11(16)5-13(12)18/h3-5,9-10,18H,6-8H2,1-2H3/t9-,10-/m1/s1. The largest absolute Gasteiger partial charge is 0.507 e. The number of carbonyl (C=O) groups is 2. The minimum absolute atomic E-state index is 0.0269. The van der Waals surface area contributed by atoms with Crippen LogP contribution < -0.4 is 0 Å². The molecule has 0 bridgehead atoms. The highest BCUT2D eigenvalue weighted by atomic mass is 35.5. The molecule has 1 fully saturated rings. The molecule has 1 aliphatic rings. The fourth-order valence-electron chi connectivity index (χ4n) is 2.36. The van der Waals surface area contributed by atoms with Gasteiger partial charge in [-0.05, 0) is 32.0 Å². The van der Waals surface area contributed by atoms with Crippen molar-refractivity contribution in [3.8, 4) is 5.75 Å². The molecule has 1 heterocycles. The van der Waals surface area contributed by atoms with Crippen LogP contribution >= 0.6 is 11.6 Å². The molecular weight excluding hydrogens is 310 g/mol. The molecule has 1 N–H and O–H groups in total. The van der Waals surface area contributed by atoms with Crippen LogP contribution in [0.5, 0.6) is 5.75 Å². The number of phenolic OH excluding ortho intramolecular Hbond substituents is 1. The van der Waals surface area contributed by atoms with Crippen LogP contribution in [0.15, 0.2) is 18.2 Å². The average molecular weight is 328 g/mol. The van der Waals surface area contributed by atoms with Crippen molar-refractivity contribution in [2.45, 2.75) is 26.1 Å². The van der Waals surface area contributed by atoms with Gasteiger partial charge in [-0.1, -0.05) is 11.6 Å². The lowest BCUT2D eigenvalue weighted by Gasteiger charge is -2.35. The Kier molecular flexibility index (Phi) is 5.26. The molecule has 6 nitrogen and oxygen atoms in total. The number of rotatable bonds is 3. The van der Waals surface area contributed by atoms with Gasteiger partial charge in [-0.3, -0.25) is 4.79 Å². The molecule has 0 radical (unpaired) electrons. The van der Waals surface area contributed by atoms with Crippen LogP contribution in [0.4, 0.5) is 0 Å². The lowest BCUT2D eigenvalue weighted by atomic mass is 10.2. The molecule has 2 atom stereocenters. The van der Waals surface area contributed by atoms with Gasteiger partial charge in [-0.15, -0.1) is 0 Å². The summed E-state index contributed by atoms with van der Waals surface area (Å²) in [7, 11) is 0. The van der Waals surface area contributed by atoms with E-state index >= 15 is 0 Å². The zero-order valence-corrected chi connectivity index (χ0v) is 13.2. The molecule has 1 aliphatic heterocycles. The van der Waals surface area contributed by atoms with E-state index in [-0.39, 0.29) is 36.0 Å². The second-order valence-electron chi connectivity index (χ2n) is 5.29. The molecule has 0 unspecified atom stereocenters. The average Bonchev–Trinajstić information content (AvgIpc) is 2.43. The summed E-state index contributed by atoms with van der Waals surface area (Å²) in [5.74, 6) is -1.33. The molecule has 0 spiro atoms. The number of esters is 1. The summed E-state index contributed by atoms with van der Waals surface area (Å²) in [6.07, 6.45) is -0.104. The maximum absolute atomic E-state index is 12.1. The number of benzene rings is 1. The SMILES string of the molecule is C[C@@H]1CN(C(=O)COC(=O)c2ccc(Cl)cc2O)C[C@@H](C)O1. The van der Waals surface area contributed by atoms with E-state index in [1.807, 2.05) is 13.8 Å². The maximum atomic E-state index is 12.1. The third-order valence-corrected chi connectivity index (χ3v) is 3.51. The number of nitrogens with zero attached hydrogens (tertiary/aromatic N) is 1. The van der Waals surface area contributed by atoms with Crippen molar-refractivity contribution in [3.05, 3.63) is 28.8 Å². The number of halogens is 1. The topological polar surface area (TPSA) is 76.1 Å². The zero-order valence-electron chi connectivity index (χ0n) is 12.4. The number of hydrogen-bond acceptors (Lipinski definition) is 5. The summed E-state index contributed by atoms with van der Waals surface area (Å²) in [6, 6.07) is 4.06. The van der Waals surface area contributed by atoms with E-state index < -0.39 is 5.97 Å². The maximum Gasteiger partial charge on any atom is 0.342 e. The first-order valence-corrected chi connectivity index (χ1v) is 7.33. The molecule has 120 valence electrons. The van der Waals surface area contributed by atoms with Crippen molar-refractivity contribution in [2.24, 2.45) is 0 Å². The van der Waals surface area contributed by atoms with E-state index in [2.05, 4.69) is 0 Å². The van der Waals surface area contributed by atoms with E-state index in [0.29, 0.717) is 18.1 Å². The van der Waals surface area contributed by atoms with Gasteiger partial charge in [0.2, 0.25) is 0 Å². The molecule has 2 rings (SSSR count).